The van der Waals surface area contributed by atoms with E-state index in [1.165, 1.54) is 6.92 Å². The molecule has 0 saturated carbocycles. The highest BCUT2D eigenvalue weighted by Crippen LogP contribution is 2.35. The molecule has 2 fully saturated rings. The summed E-state index contributed by atoms with van der Waals surface area (Å²) in [5.41, 5.74) is 4.76. The fraction of sp³-hybridized carbons (Fsp3) is 0.321. The number of amides is 1. The van der Waals surface area contributed by atoms with E-state index in [0.29, 0.717) is 0 Å². The number of carbonyl (C=O) groups excluding carboxylic acids is 2. The number of rotatable bonds is 22. The van der Waals surface area contributed by atoms with Crippen LogP contribution in [-0.4, -0.2) is 91.5 Å². The van der Waals surface area contributed by atoms with Crippen LogP contribution in [0.2, 0.25) is 0 Å². The number of hydrogen-bond donors (Lipinski definition) is 2. The molecule has 2 heterocycles. The smallest absolute Gasteiger partial charge is 0.338 e. The second-order valence-corrected chi connectivity index (χ2v) is 17.0. The first kappa shape index (κ1) is 49.3. The zero-order valence-corrected chi connectivity index (χ0v) is 38.5. The molecule has 10 atom stereocenters. The average Bonchev–Trinajstić information content (AvgIpc) is 3.39. The molecule has 2 N–H and O–H groups in total. The van der Waals surface area contributed by atoms with E-state index in [2.05, 4.69) is 5.32 Å². The molecular weight excluding hydrogens is 879 g/mol. The number of benzene rings is 6. The topological polar surface area (TPSA) is 149 Å². The lowest BCUT2D eigenvalue weighted by Gasteiger charge is -2.49. The largest absolute Gasteiger partial charge is 0.450 e. The quantitative estimate of drug-likeness (QED) is 0.0642. The van der Waals surface area contributed by atoms with Gasteiger partial charge in [-0.1, -0.05) is 170 Å². The molecule has 6 aromatic rings. The van der Waals surface area contributed by atoms with E-state index in [1.807, 2.05) is 152 Å². The van der Waals surface area contributed by atoms with Gasteiger partial charge in [-0.2, -0.15) is 0 Å². The molecule has 13 nitrogen and oxygen atoms in total. The van der Waals surface area contributed by atoms with Crippen LogP contribution in [0.1, 0.15) is 45.1 Å². The van der Waals surface area contributed by atoms with Gasteiger partial charge < -0.3 is 53.1 Å². The van der Waals surface area contributed by atoms with Crippen molar-refractivity contribution in [3.05, 3.63) is 215 Å². The Morgan fingerprint density at radius 3 is 1.33 bits per heavy atom. The van der Waals surface area contributed by atoms with Gasteiger partial charge in [-0.25, -0.2) is 4.79 Å². The first-order valence-electron chi connectivity index (χ1n) is 23.3. The fourth-order valence-corrected chi connectivity index (χ4v) is 8.33. The normalized spacial score (nSPS) is 24.6. The highest BCUT2D eigenvalue weighted by Gasteiger charge is 2.54. The Morgan fingerprint density at radius 1 is 0.478 bits per heavy atom. The standard InChI is InChI=1S/C56H59NO12/c1-39(58)57-48-49(59)50(46(37-61-32-40-20-8-2-9-21-40)66-55(48)65-36-44-28-16-6-17-29-44)69-56-53(68-54(60)45-30-18-7-19-31-45)52(64-35-43-26-14-5-15-27-43)51(63-34-42-24-12-4-13-25-42)47(67-56)38-62-33-41-22-10-3-11-23-41/h2-31,46-53,55-56,59H,32-38H2,1H3,(H,57,58)/t46-,47-,48-,49-,50-,51+,52+,53-,55-,56+/m1/s1. The summed E-state index contributed by atoms with van der Waals surface area (Å²) in [4.78, 5) is 27.1. The van der Waals surface area contributed by atoms with Crippen LogP contribution < -0.4 is 5.32 Å². The molecule has 0 aliphatic carbocycles. The van der Waals surface area contributed by atoms with Crippen molar-refractivity contribution in [2.75, 3.05) is 13.2 Å². The van der Waals surface area contributed by atoms with Crippen LogP contribution in [0.5, 0.6) is 0 Å². The van der Waals surface area contributed by atoms with Crippen molar-refractivity contribution < 1.29 is 57.3 Å². The molecule has 0 aromatic heterocycles. The number of aliphatic hydroxyl groups is 1. The van der Waals surface area contributed by atoms with Crippen molar-refractivity contribution in [2.45, 2.75) is 101 Å². The lowest BCUT2D eigenvalue weighted by Crippen LogP contribution is -2.68. The fourth-order valence-electron chi connectivity index (χ4n) is 8.33. The molecule has 69 heavy (non-hydrogen) atoms. The summed E-state index contributed by atoms with van der Waals surface area (Å²) in [5, 5.41) is 15.4. The van der Waals surface area contributed by atoms with Gasteiger partial charge in [-0.3, -0.25) is 4.79 Å². The molecule has 2 saturated heterocycles. The Bertz CT molecular complexity index is 2420. The number of hydrogen-bond acceptors (Lipinski definition) is 12. The third-order valence-electron chi connectivity index (χ3n) is 11.8. The van der Waals surface area contributed by atoms with Crippen molar-refractivity contribution in [3.8, 4) is 0 Å². The predicted molar refractivity (Wildman–Crippen MR) is 255 cm³/mol. The zero-order valence-electron chi connectivity index (χ0n) is 38.5. The summed E-state index contributed by atoms with van der Waals surface area (Å²) in [6, 6.07) is 55.7. The Hall–Kier alpha value is -6.10. The van der Waals surface area contributed by atoms with Crippen molar-refractivity contribution in [1.29, 1.82) is 0 Å². The minimum absolute atomic E-state index is 0.00993. The first-order chi connectivity index (χ1) is 33.9. The summed E-state index contributed by atoms with van der Waals surface area (Å²) >= 11 is 0. The highest BCUT2D eigenvalue weighted by atomic mass is 16.8. The Kier molecular flexibility index (Phi) is 18.2. The van der Waals surface area contributed by atoms with Gasteiger partial charge in [0, 0.05) is 6.92 Å². The van der Waals surface area contributed by atoms with Gasteiger partial charge >= 0.3 is 5.97 Å². The van der Waals surface area contributed by atoms with Crippen LogP contribution in [0.3, 0.4) is 0 Å². The Labute approximate surface area is 403 Å². The highest BCUT2D eigenvalue weighted by molar-refractivity contribution is 5.89. The van der Waals surface area contributed by atoms with Crippen LogP contribution >= 0.6 is 0 Å². The monoisotopic (exact) mass is 937 g/mol. The number of ether oxygens (including phenoxy) is 9. The number of carbonyl (C=O) groups is 2. The predicted octanol–water partition coefficient (Wildman–Crippen LogP) is 7.73. The van der Waals surface area contributed by atoms with Crippen molar-refractivity contribution in [2.24, 2.45) is 0 Å². The lowest BCUT2D eigenvalue weighted by molar-refractivity contribution is -0.357. The molecule has 6 aromatic carbocycles. The molecule has 360 valence electrons. The van der Waals surface area contributed by atoms with Gasteiger partial charge in [0.05, 0.1) is 51.8 Å². The number of aliphatic hydroxyl groups excluding tert-OH is 1. The molecule has 2 aliphatic rings. The summed E-state index contributed by atoms with van der Waals surface area (Å²) in [6.07, 6.45) is -10.4. The van der Waals surface area contributed by atoms with Crippen LogP contribution in [0.4, 0.5) is 0 Å². The van der Waals surface area contributed by atoms with E-state index < -0.39 is 73.2 Å². The van der Waals surface area contributed by atoms with E-state index in [-0.39, 0.29) is 51.8 Å². The third-order valence-corrected chi connectivity index (χ3v) is 11.8. The molecule has 0 unspecified atom stereocenters. The molecule has 1 amide bonds. The van der Waals surface area contributed by atoms with E-state index >= 15 is 0 Å². The lowest BCUT2D eigenvalue weighted by atomic mass is 9.95. The van der Waals surface area contributed by atoms with Crippen molar-refractivity contribution >= 4 is 11.9 Å². The minimum Gasteiger partial charge on any atom is -0.450 e. The van der Waals surface area contributed by atoms with Crippen molar-refractivity contribution in [3.63, 3.8) is 0 Å². The SMILES string of the molecule is CC(=O)N[C@H]1[C@H](OCc2ccccc2)O[C@H](COCc2ccccc2)[C@@H](O[C@@H]2O[C@H](COCc3ccccc3)[C@H](OCc3ccccc3)[C@H](OCc3ccccc3)[C@H]2OC(=O)c2ccccc2)[C@@H]1O. The zero-order chi connectivity index (χ0) is 47.6. The molecule has 8 rings (SSSR count). The molecule has 2 aliphatic heterocycles. The van der Waals surface area contributed by atoms with E-state index in [0.717, 1.165) is 27.8 Å². The van der Waals surface area contributed by atoms with Gasteiger partial charge in [-0.05, 0) is 39.9 Å². The number of nitrogens with one attached hydrogen (secondary N) is 1. The van der Waals surface area contributed by atoms with Gasteiger partial charge in [0.15, 0.2) is 18.7 Å². The van der Waals surface area contributed by atoms with E-state index in [4.69, 9.17) is 42.6 Å². The van der Waals surface area contributed by atoms with Gasteiger partial charge in [0.1, 0.15) is 42.7 Å². The summed E-state index contributed by atoms with van der Waals surface area (Å²) < 4.78 is 59.6. The molecule has 13 heteroatoms. The molecule has 0 bridgehead atoms. The van der Waals surface area contributed by atoms with Gasteiger partial charge in [0.25, 0.3) is 0 Å². The van der Waals surface area contributed by atoms with E-state index in [1.54, 1.807) is 30.3 Å². The number of esters is 1. The summed E-state index contributed by atoms with van der Waals surface area (Å²) in [5.74, 6) is -1.10. The first-order valence-corrected chi connectivity index (χ1v) is 23.3. The van der Waals surface area contributed by atoms with Crippen LogP contribution in [0.25, 0.3) is 0 Å². The second-order valence-electron chi connectivity index (χ2n) is 17.0. The third kappa shape index (κ3) is 14.2. The molecule has 0 radical (unpaired) electrons. The maximum Gasteiger partial charge on any atom is 0.338 e. The summed E-state index contributed by atoms with van der Waals surface area (Å²) in [7, 11) is 0. The van der Waals surface area contributed by atoms with Crippen LogP contribution in [-0.2, 0) is 80.5 Å². The Balaban J connectivity index is 1.16. The second kappa shape index (κ2) is 25.5. The van der Waals surface area contributed by atoms with Gasteiger partial charge in [-0.15, -0.1) is 0 Å². The van der Waals surface area contributed by atoms with Crippen LogP contribution in [0, 0.1) is 0 Å². The molecular formula is C56H59NO12. The van der Waals surface area contributed by atoms with E-state index in [9.17, 15) is 14.7 Å². The van der Waals surface area contributed by atoms with Crippen molar-refractivity contribution in [1.82, 2.24) is 5.32 Å². The maximum atomic E-state index is 14.3. The van der Waals surface area contributed by atoms with Gasteiger partial charge in [0.2, 0.25) is 5.91 Å². The average molecular weight is 938 g/mol. The summed E-state index contributed by atoms with van der Waals surface area (Å²) in [6.45, 7) is 2.16. The Morgan fingerprint density at radius 2 is 0.870 bits per heavy atom. The minimum atomic E-state index is -1.47. The molecule has 0 spiro atoms. The maximum absolute atomic E-state index is 14.3. The van der Waals surface area contributed by atoms with Crippen LogP contribution in [0.15, 0.2) is 182 Å².